The highest BCUT2D eigenvalue weighted by molar-refractivity contribution is 6.39. The maximum atomic E-state index is 13.2. The van der Waals surface area contributed by atoms with Crippen molar-refractivity contribution in [2.45, 2.75) is 32.7 Å². The van der Waals surface area contributed by atoms with Crippen LogP contribution in [0.25, 0.3) is 6.08 Å². The van der Waals surface area contributed by atoms with Gasteiger partial charge in [0.15, 0.2) is 0 Å². The largest absolute Gasteiger partial charge is 0.343 e. The number of amides is 4. The van der Waals surface area contributed by atoms with Crippen LogP contribution in [0.15, 0.2) is 66.4 Å². The van der Waals surface area contributed by atoms with Crippen molar-refractivity contribution in [2.24, 2.45) is 0 Å². The van der Waals surface area contributed by atoms with Crippen molar-refractivity contribution in [3.63, 3.8) is 0 Å². The van der Waals surface area contributed by atoms with Crippen LogP contribution in [0, 0.1) is 0 Å². The monoisotopic (exact) mass is 495 g/mol. The Balaban J connectivity index is 1.64. The van der Waals surface area contributed by atoms with Crippen molar-refractivity contribution in [3.05, 3.63) is 93.2 Å². The first-order chi connectivity index (χ1) is 16.3. The summed E-state index contributed by atoms with van der Waals surface area (Å²) in [5.41, 5.74) is 2.83. The Bertz CT molecular complexity index is 1290. The first kappa shape index (κ1) is 23.8. The van der Waals surface area contributed by atoms with E-state index in [1.807, 2.05) is 29.0 Å². The molecule has 0 bridgehead atoms. The van der Waals surface area contributed by atoms with E-state index in [0.29, 0.717) is 33.9 Å². The van der Waals surface area contributed by atoms with Gasteiger partial charge in [0.05, 0.1) is 5.69 Å². The predicted molar refractivity (Wildman–Crippen MR) is 134 cm³/mol. The van der Waals surface area contributed by atoms with Crippen LogP contribution in [0.3, 0.4) is 0 Å². The van der Waals surface area contributed by atoms with E-state index >= 15 is 0 Å². The van der Waals surface area contributed by atoms with Crippen LogP contribution in [0.5, 0.6) is 0 Å². The minimum atomic E-state index is -0.772. The number of benzene rings is 2. The lowest BCUT2D eigenvalue weighted by molar-refractivity contribution is -0.122. The second-order valence-electron chi connectivity index (χ2n) is 8.16. The maximum absolute atomic E-state index is 13.2. The van der Waals surface area contributed by atoms with Crippen LogP contribution < -0.4 is 10.2 Å². The van der Waals surface area contributed by atoms with Crippen LogP contribution >= 0.6 is 23.2 Å². The van der Waals surface area contributed by atoms with E-state index in [-0.39, 0.29) is 5.57 Å². The van der Waals surface area contributed by atoms with Gasteiger partial charge in [-0.1, -0.05) is 55.2 Å². The molecule has 1 aromatic heterocycles. The molecular formula is C26H23Cl2N3O3. The third-order valence-electron chi connectivity index (χ3n) is 5.95. The van der Waals surface area contributed by atoms with Crippen LogP contribution in [-0.4, -0.2) is 22.4 Å². The summed E-state index contributed by atoms with van der Waals surface area (Å²) < 4.78 is 1.85. The molecule has 2 aromatic carbocycles. The molecular weight excluding hydrogens is 473 g/mol. The lowest BCUT2D eigenvalue weighted by atomic mass is 9.98. The molecule has 34 heavy (non-hydrogen) atoms. The molecule has 1 N–H and O–H groups in total. The molecule has 0 spiro atoms. The summed E-state index contributed by atoms with van der Waals surface area (Å²) in [7, 11) is 0. The second-order valence-corrected chi connectivity index (χ2v) is 9.00. The molecule has 4 rings (SSSR count). The summed E-state index contributed by atoms with van der Waals surface area (Å²) >= 11 is 12.3. The molecule has 0 saturated carbocycles. The molecule has 0 radical (unpaired) electrons. The molecule has 1 fully saturated rings. The molecule has 1 aliphatic rings. The highest BCUT2D eigenvalue weighted by Gasteiger charge is 2.37. The fourth-order valence-corrected chi connectivity index (χ4v) is 4.23. The van der Waals surface area contributed by atoms with Crippen LogP contribution in [0.1, 0.15) is 43.0 Å². The van der Waals surface area contributed by atoms with Gasteiger partial charge >= 0.3 is 6.03 Å². The fourth-order valence-electron chi connectivity index (χ4n) is 3.76. The molecule has 2 heterocycles. The Kier molecular flexibility index (Phi) is 6.91. The molecule has 1 aliphatic heterocycles. The summed E-state index contributed by atoms with van der Waals surface area (Å²) in [6, 6.07) is 15.3. The number of imide groups is 2. The molecule has 4 amide bonds. The predicted octanol–water partition coefficient (Wildman–Crippen LogP) is 6.02. The van der Waals surface area contributed by atoms with E-state index in [1.54, 1.807) is 36.4 Å². The quantitative estimate of drug-likeness (QED) is 0.335. The minimum Gasteiger partial charge on any atom is -0.343 e. The highest BCUT2D eigenvalue weighted by atomic mass is 35.5. The Morgan fingerprint density at radius 3 is 2.44 bits per heavy atom. The van der Waals surface area contributed by atoms with Crippen molar-refractivity contribution in [1.82, 2.24) is 9.88 Å². The number of nitrogens with one attached hydrogen (secondary N) is 1. The van der Waals surface area contributed by atoms with E-state index < -0.39 is 17.8 Å². The molecule has 174 valence electrons. The van der Waals surface area contributed by atoms with Crippen molar-refractivity contribution in [3.8, 4) is 0 Å². The number of hydrogen-bond donors (Lipinski definition) is 1. The average Bonchev–Trinajstić information content (AvgIpc) is 3.25. The highest BCUT2D eigenvalue weighted by Crippen LogP contribution is 2.26. The SMILES string of the molecule is CC[C@@H](C)c1ccc(N2C(=O)NC(=O)/C(=C/c3cccn3Cc3ccc(Cl)cc3Cl)C2=O)cc1. The number of aromatic nitrogens is 1. The number of hydrogen-bond acceptors (Lipinski definition) is 3. The average molecular weight is 496 g/mol. The molecule has 1 atom stereocenters. The summed E-state index contributed by atoms with van der Waals surface area (Å²) in [4.78, 5) is 39.3. The molecule has 8 heteroatoms. The zero-order valence-electron chi connectivity index (χ0n) is 18.7. The van der Waals surface area contributed by atoms with Crippen LogP contribution in [0.2, 0.25) is 10.0 Å². The number of carbonyl (C=O) groups excluding carboxylic acids is 3. The lowest BCUT2D eigenvalue weighted by Crippen LogP contribution is -2.54. The van der Waals surface area contributed by atoms with Crippen molar-refractivity contribution in [1.29, 1.82) is 0 Å². The number of halogens is 2. The van der Waals surface area contributed by atoms with Gasteiger partial charge in [-0.25, -0.2) is 9.69 Å². The normalized spacial score (nSPS) is 16.2. The Hall–Kier alpha value is -3.35. The summed E-state index contributed by atoms with van der Waals surface area (Å²) in [6.07, 6.45) is 4.28. The molecule has 3 aromatic rings. The standard InChI is InChI=1S/C26H23Cl2N3O3/c1-3-16(2)17-7-10-20(11-8-17)31-25(33)22(24(32)29-26(31)34)14-21-5-4-12-30(21)15-18-6-9-19(27)13-23(18)28/h4-14,16H,3,15H2,1-2H3,(H,29,32,34)/b22-14-/t16-/m1/s1. The van der Waals surface area contributed by atoms with E-state index in [0.717, 1.165) is 22.4 Å². The number of carbonyl (C=O) groups is 3. The van der Waals surface area contributed by atoms with Gasteiger partial charge in [0, 0.05) is 28.5 Å². The van der Waals surface area contributed by atoms with Gasteiger partial charge in [-0.3, -0.25) is 14.9 Å². The third kappa shape index (κ3) is 4.79. The Labute approximate surface area is 207 Å². The van der Waals surface area contributed by atoms with Crippen LogP contribution in [0.4, 0.5) is 10.5 Å². The van der Waals surface area contributed by atoms with E-state index in [4.69, 9.17) is 23.2 Å². The zero-order valence-corrected chi connectivity index (χ0v) is 20.2. The van der Waals surface area contributed by atoms with Gasteiger partial charge in [0.1, 0.15) is 5.57 Å². The molecule has 0 unspecified atom stereocenters. The number of urea groups is 1. The first-order valence-corrected chi connectivity index (χ1v) is 11.6. The maximum Gasteiger partial charge on any atom is 0.335 e. The zero-order chi connectivity index (χ0) is 24.4. The number of barbiturate groups is 1. The smallest absolute Gasteiger partial charge is 0.335 e. The Morgan fingerprint density at radius 2 is 1.76 bits per heavy atom. The van der Waals surface area contributed by atoms with Gasteiger partial charge in [0.25, 0.3) is 11.8 Å². The van der Waals surface area contributed by atoms with Gasteiger partial charge in [0.2, 0.25) is 0 Å². The van der Waals surface area contributed by atoms with Gasteiger partial charge in [-0.15, -0.1) is 0 Å². The van der Waals surface area contributed by atoms with Crippen LogP contribution in [-0.2, 0) is 16.1 Å². The lowest BCUT2D eigenvalue weighted by Gasteiger charge is -2.26. The topological polar surface area (TPSA) is 71.4 Å². The third-order valence-corrected chi connectivity index (χ3v) is 6.53. The van der Waals surface area contributed by atoms with Gasteiger partial charge < -0.3 is 4.57 Å². The molecule has 1 saturated heterocycles. The number of nitrogens with zero attached hydrogens (tertiary/aromatic N) is 2. The Morgan fingerprint density at radius 1 is 1.03 bits per heavy atom. The summed E-state index contributed by atoms with van der Waals surface area (Å²) in [6.45, 7) is 4.62. The van der Waals surface area contributed by atoms with Crippen molar-refractivity contribution >= 4 is 52.8 Å². The van der Waals surface area contributed by atoms with Crippen molar-refractivity contribution in [2.75, 3.05) is 4.90 Å². The van der Waals surface area contributed by atoms with E-state index in [1.165, 1.54) is 6.08 Å². The van der Waals surface area contributed by atoms with E-state index in [2.05, 4.69) is 19.2 Å². The molecule has 0 aliphatic carbocycles. The first-order valence-electron chi connectivity index (χ1n) is 10.9. The summed E-state index contributed by atoms with van der Waals surface area (Å²) in [5, 5.41) is 3.32. The van der Waals surface area contributed by atoms with Gasteiger partial charge in [-0.05, 0) is 65.9 Å². The minimum absolute atomic E-state index is 0.132. The summed E-state index contributed by atoms with van der Waals surface area (Å²) in [5.74, 6) is -1.05. The number of rotatable bonds is 6. The van der Waals surface area contributed by atoms with Gasteiger partial charge in [-0.2, -0.15) is 0 Å². The van der Waals surface area contributed by atoms with Crippen molar-refractivity contribution < 1.29 is 14.4 Å². The van der Waals surface area contributed by atoms with E-state index in [9.17, 15) is 14.4 Å². The fraction of sp³-hybridized carbons (Fsp3) is 0.192. The number of anilines is 1. The second kappa shape index (κ2) is 9.87. The molecule has 6 nitrogen and oxygen atoms in total.